The molecule has 4 heteroatoms. The number of aliphatic carboxylic acids is 1. The van der Waals surface area contributed by atoms with Crippen molar-refractivity contribution >= 4 is 11.9 Å². The van der Waals surface area contributed by atoms with E-state index in [2.05, 4.69) is 0 Å². The molecule has 13 heavy (non-hydrogen) atoms. The van der Waals surface area contributed by atoms with Crippen molar-refractivity contribution in [3.05, 3.63) is 0 Å². The van der Waals surface area contributed by atoms with Crippen LogP contribution < -0.4 is 0 Å². The molecule has 0 radical (unpaired) electrons. The first-order chi connectivity index (χ1) is 5.78. The molecule has 0 aliphatic rings. The summed E-state index contributed by atoms with van der Waals surface area (Å²) in [6.45, 7) is 6.76. The van der Waals surface area contributed by atoms with Gasteiger partial charge >= 0.3 is 11.9 Å². The van der Waals surface area contributed by atoms with E-state index in [9.17, 15) is 9.59 Å². The second kappa shape index (κ2) is 4.25. The van der Waals surface area contributed by atoms with Crippen LogP contribution in [0.1, 0.15) is 34.1 Å². The van der Waals surface area contributed by atoms with E-state index in [-0.39, 0.29) is 6.42 Å². The van der Waals surface area contributed by atoms with Crippen molar-refractivity contribution in [1.82, 2.24) is 0 Å². The fourth-order valence-electron chi connectivity index (χ4n) is 0.815. The number of hydrogen-bond donors (Lipinski definition) is 1. The smallest absolute Gasteiger partial charge is 0.320 e. The van der Waals surface area contributed by atoms with Crippen LogP contribution in [0.4, 0.5) is 0 Å². The topological polar surface area (TPSA) is 63.6 Å². The fraction of sp³-hybridized carbons (Fsp3) is 0.778. The molecule has 0 rings (SSSR count). The highest BCUT2D eigenvalue weighted by atomic mass is 16.6. The summed E-state index contributed by atoms with van der Waals surface area (Å²) in [6.07, 6.45) is 0.254. The molecule has 76 valence electrons. The molecule has 4 nitrogen and oxygen atoms in total. The Kier molecular flexibility index (Phi) is 3.91. The van der Waals surface area contributed by atoms with Crippen molar-refractivity contribution in [2.24, 2.45) is 5.92 Å². The van der Waals surface area contributed by atoms with Crippen LogP contribution in [-0.2, 0) is 14.3 Å². The second-order valence-corrected chi connectivity index (χ2v) is 3.83. The first kappa shape index (κ1) is 11.9. The van der Waals surface area contributed by atoms with Gasteiger partial charge in [-0.3, -0.25) is 9.59 Å². The molecule has 0 bridgehead atoms. The molecule has 0 aromatic carbocycles. The van der Waals surface area contributed by atoms with Gasteiger partial charge in [0, 0.05) is 0 Å². The van der Waals surface area contributed by atoms with E-state index in [0.717, 1.165) is 0 Å². The molecule has 0 fully saturated rings. The molecule has 0 aromatic rings. The van der Waals surface area contributed by atoms with Crippen molar-refractivity contribution in [2.45, 2.75) is 39.7 Å². The maximum absolute atomic E-state index is 11.2. The van der Waals surface area contributed by atoms with E-state index in [1.54, 1.807) is 27.7 Å². The lowest BCUT2D eigenvalue weighted by Gasteiger charge is -2.21. The van der Waals surface area contributed by atoms with Crippen LogP contribution in [0.3, 0.4) is 0 Å². The molecule has 0 amide bonds. The second-order valence-electron chi connectivity index (χ2n) is 3.83. The van der Waals surface area contributed by atoms with Gasteiger partial charge in [-0.2, -0.15) is 0 Å². The van der Waals surface area contributed by atoms with E-state index in [1.807, 2.05) is 0 Å². The molecule has 0 aliphatic heterocycles. The van der Waals surface area contributed by atoms with Crippen LogP contribution >= 0.6 is 0 Å². The van der Waals surface area contributed by atoms with Gasteiger partial charge in [0.2, 0.25) is 0 Å². The van der Waals surface area contributed by atoms with Gasteiger partial charge in [-0.05, 0) is 27.2 Å². The van der Waals surface area contributed by atoms with E-state index in [4.69, 9.17) is 9.84 Å². The first-order valence-corrected chi connectivity index (χ1v) is 4.23. The third kappa shape index (κ3) is 4.50. The molecule has 0 aliphatic carbocycles. The Bertz CT molecular complexity index is 202. The number of carbonyl (C=O) groups is 2. The summed E-state index contributed by atoms with van der Waals surface area (Å²) in [5.41, 5.74) is -0.625. The first-order valence-electron chi connectivity index (χ1n) is 4.23. The molecule has 0 heterocycles. The summed E-state index contributed by atoms with van der Waals surface area (Å²) < 4.78 is 4.93. The molecule has 1 N–H and O–H groups in total. The highest BCUT2D eigenvalue weighted by molar-refractivity contribution is 5.93. The Morgan fingerprint density at radius 3 is 2.08 bits per heavy atom. The summed E-state index contributed by atoms with van der Waals surface area (Å²) >= 11 is 0. The van der Waals surface area contributed by atoms with Crippen molar-refractivity contribution in [2.75, 3.05) is 0 Å². The zero-order valence-corrected chi connectivity index (χ0v) is 8.46. The number of hydrogen-bond acceptors (Lipinski definition) is 3. The largest absolute Gasteiger partial charge is 0.481 e. The zero-order valence-electron chi connectivity index (χ0n) is 8.46. The summed E-state index contributed by atoms with van der Waals surface area (Å²) in [6, 6.07) is 0. The van der Waals surface area contributed by atoms with Gasteiger partial charge in [-0.1, -0.05) is 6.92 Å². The molecule has 0 saturated carbocycles. The number of carbonyl (C=O) groups excluding carboxylic acids is 1. The van der Waals surface area contributed by atoms with E-state index in [0.29, 0.717) is 0 Å². The number of carboxylic acid groups (broad SMARTS) is 1. The predicted molar refractivity (Wildman–Crippen MR) is 47.3 cm³/mol. The van der Waals surface area contributed by atoms with E-state index in [1.165, 1.54) is 0 Å². The number of esters is 1. The predicted octanol–water partition coefficient (Wildman–Crippen LogP) is 1.44. The number of carboxylic acids is 1. The molecule has 0 saturated heterocycles. The Morgan fingerprint density at radius 1 is 1.38 bits per heavy atom. The minimum atomic E-state index is -1.13. The maximum Gasteiger partial charge on any atom is 0.320 e. The van der Waals surface area contributed by atoms with Crippen LogP contribution in [0, 0.1) is 5.92 Å². The standard InChI is InChI=1S/C9H16O4/c1-5-6(7(10)11)8(12)13-9(2,3)4/h6H,5H2,1-4H3,(H,10,11)/t6-/m1/s1. The zero-order chi connectivity index (χ0) is 10.6. The van der Waals surface area contributed by atoms with E-state index < -0.39 is 23.5 Å². The van der Waals surface area contributed by atoms with Gasteiger partial charge in [0.15, 0.2) is 5.92 Å². The van der Waals surface area contributed by atoms with Crippen LogP contribution in [0.25, 0.3) is 0 Å². The molecular weight excluding hydrogens is 172 g/mol. The van der Waals surface area contributed by atoms with Crippen LogP contribution in [-0.4, -0.2) is 22.6 Å². The van der Waals surface area contributed by atoms with Gasteiger partial charge in [-0.15, -0.1) is 0 Å². The van der Waals surface area contributed by atoms with Crippen LogP contribution in [0.15, 0.2) is 0 Å². The SMILES string of the molecule is CC[C@H](C(=O)O)C(=O)OC(C)(C)C. The average molecular weight is 188 g/mol. The summed E-state index contributed by atoms with van der Waals surface area (Å²) in [5, 5.41) is 8.64. The lowest BCUT2D eigenvalue weighted by Crippen LogP contribution is -2.32. The molecule has 0 unspecified atom stereocenters. The minimum Gasteiger partial charge on any atom is -0.481 e. The number of rotatable bonds is 3. The van der Waals surface area contributed by atoms with Crippen molar-refractivity contribution in [1.29, 1.82) is 0 Å². The maximum atomic E-state index is 11.2. The van der Waals surface area contributed by atoms with Crippen molar-refractivity contribution in [3.63, 3.8) is 0 Å². The van der Waals surface area contributed by atoms with Crippen molar-refractivity contribution in [3.8, 4) is 0 Å². The molecule has 0 aromatic heterocycles. The minimum absolute atomic E-state index is 0.254. The number of ether oxygens (including phenoxy) is 1. The Labute approximate surface area is 77.9 Å². The highest BCUT2D eigenvalue weighted by Crippen LogP contribution is 2.13. The summed E-state index contributed by atoms with van der Waals surface area (Å²) in [4.78, 5) is 21.8. The molecule has 1 atom stereocenters. The Balaban J connectivity index is 4.32. The quantitative estimate of drug-likeness (QED) is 0.537. The summed E-state index contributed by atoms with van der Waals surface area (Å²) in [5.74, 6) is -2.83. The lowest BCUT2D eigenvalue weighted by molar-refractivity contribution is -0.166. The van der Waals surface area contributed by atoms with Gasteiger partial charge < -0.3 is 9.84 Å². The molecule has 0 spiro atoms. The van der Waals surface area contributed by atoms with Crippen molar-refractivity contribution < 1.29 is 19.4 Å². The van der Waals surface area contributed by atoms with Gasteiger partial charge in [-0.25, -0.2) is 0 Å². The third-order valence-electron chi connectivity index (χ3n) is 1.40. The fourth-order valence-corrected chi connectivity index (χ4v) is 0.815. The average Bonchev–Trinajstić information content (AvgIpc) is 1.82. The molecular formula is C9H16O4. The van der Waals surface area contributed by atoms with Crippen LogP contribution in [0.5, 0.6) is 0 Å². The third-order valence-corrected chi connectivity index (χ3v) is 1.40. The van der Waals surface area contributed by atoms with E-state index >= 15 is 0 Å². The monoisotopic (exact) mass is 188 g/mol. The summed E-state index contributed by atoms with van der Waals surface area (Å²) in [7, 11) is 0. The lowest BCUT2D eigenvalue weighted by atomic mass is 10.1. The Morgan fingerprint density at radius 2 is 1.85 bits per heavy atom. The van der Waals surface area contributed by atoms with Gasteiger partial charge in [0.05, 0.1) is 0 Å². The highest BCUT2D eigenvalue weighted by Gasteiger charge is 2.29. The van der Waals surface area contributed by atoms with Gasteiger partial charge in [0.1, 0.15) is 5.60 Å². The van der Waals surface area contributed by atoms with Gasteiger partial charge in [0.25, 0.3) is 0 Å². The van der Waals surface area contributed by atoms with Crippen LogP contribution in [0.2, 0.25) is 0 Å². The Hall–Kier alpha value is -1.06. The normalized spacial score (nSPS) is 13.5.